The minimum Gasteiger partial charge on any atom is -0.331 e. The van der Waals surface area contributed by atoms with Crippen molar-refractivity contribution in [2.75, 3.05) is 6.54 Å². The van der Waals surface area contributed by atoms with Gasteiger partial charge in [0.05, 0.1) is 30.0 Å². The molecule has 2 heterocycles. The maximum Gasteiger partial charge on any atom is 0.329 e. The number of sulfonamides is 1. The number of allylic oxidation sites excluding steroid dienone is 1. The van der Waals surface area contributed by atoms with Crippen LogP contribution in [0.15, 0.2) is 40.5 Å². The molecule has 1 aliphatic carbocycles. The van der Waals surface area contributed by atoms with Gasteiger partial charge < -0.3 is 5.32 Å². The highest BCUT2D eigenvalue weighted by Gasteiger charge is 2.24. The van der Waals surface area contributed by atoms with Crippen molar-refractivity contribution in [3.05, 3.63) is 72.5 Å². The van der Waals surface area contributed by atoms with Gasteiger partial charge in [0.1, 0.15) is 14.4 Å². The number of nitrogens with zero attached hydrogens (tertiary/aromatic N) is 2. The molecule has 4 rings (SSSR count). The third-order valence-electron chi connectivity index (χ3n) is 5.51. The first-order chi connectivity index (χ1) is 17.0. The second-order valence-corrected chi connectivity index (χ2v) is 12.8. The second-order valence-electron chi connectivity index (χ2n) is 7.98. The SMILES string of the molecule is O=C(NC/C(F)=C1\CCCCc2cnn(Cc3ccc(Cl)cc3Cl)c21)NS(=O)(=O)c1cc(Cl)c(Cl)s1. The molecule has 3 aromatic rings. The number of hydrogen-bond donors (Lipinski definition) is 2. The molecule has 0 saturated heterocycles. The smallest absolute Gasteiger partial charge is 0.329 e. The summed E-state index contributed by atoms with van der Waals surface area (Å²) in [6.07, 6.45) is 4.49. The zero-order chi connectivity index (χ0) is 26.0. The zero-order valence-electron chi connectivity index (χ0n) is 18.5. The Morgan fingerprint density at radius 1 is 1.11 bits per heavy atom. The molecular weight excluding hydrogens is 593 g/mol. The van der Waals surface area contributed by atoms with Gasteiger partial charge in [0.2, 0.25) is 0 Å². The van der Waals surface area contributed by atoms with Gasteiger partial charge in [0, 0.05) is 15.6 Å². The lowest BCUT2D eigenvalue weighted by molar-refractivity contribution is 0.246. The highest BCUT2D eigenvalue weighted by Crippen LogP contribution is 2.35. The van der Waals surface area contributed by atoms with Crippen molar-refractivity contribution in [1.29, 1.82) is 0 Å². The Bertz CT molecular complexity index is 1430. The average Bonchev–Trinajstić information content (AvgIpc) is 3.28. The quantitative estimate of drug-likeness (QED) is 0.303. The van der Waals surface area contributed by atoms with Crippen molar-refractivity contribution < 1.29 is 17.6 Å². The van der Waals surface area contributed by atoms with Crippen LogP contribution in [0.5, 0.6) is 0 Å². The molecule has 192 valence electrons. The van der Waals surface area contributed by atoms with E-state index in [0.717, 1.165) is 36.5 Å². The fourth-order valence-electron chi connectivity index (χ4n) is 3.82. The van der Waals surface area contributed by atoms with Gasteiger partial charge >= 0.3 is 6.03 Å². The maximum atomic E-state index is 15.4. The molecule has 36 heavy (non-hydrogen) atoms. The predicted molar refractivity (Wildman–Crippen MR) is 141 cm³/mol. The third-order valence-corrected chi connectivity index (χ3v) is 9.76. The Balaban J connectivity index is 1.53. The van der Waals surface area contributed by atoms with E-state index in [4.69, 9.17) is 46.4 Å². The number of halogens is 5. The minimum absolute atomic E-state index is 0.0545. The van der Waals surface area contributed by atoms with Crippen molar-refractivity contribution in [2.45, 2.75) is 36.4 Å². The van der Waals surface area contributed by atoms with Crippen LogP contribution >= 0.6 is 57.7 Å². The van der Waals surface area contributed by atoms with Gasteiger partial charge in [-0.25, -0.2) is 22.3 Å². The first-order valence-electron chi connectivity index (χ1n) is 10.7. The van der Waals surface area contributed by atoms with Crippen molar-refractivity contribution in [2.24, 2.45) is 0 Å². The number of aromatic nitrogens is 2. The first-order valence-corrected chi connectivity index (χ1v) is 14.5. The second kappa shape index (κ2) is 11.3. The monoisotopic (exact) mass is 610 g/mol. The molecule has 0 aliphatic heterocycles. The van der Waals surface area contributed by atoms with Crippen LogP contribution < -0.4 is 10.0 Å². The van der Waals surface area contributed by atoms with Gasteiger partial charge in [-0.15, -0.1) is 11.3 Å². The summed E-state index contributed by atoms with van der Waals surface area (Å²) in [6.45, 7) is -0.199. The van der Waals surface area contributed by atoms with Crippen molar-refractivity contribution in [1.82, 2.24) is 19.8 Å². The summed E-state index contributed by atoms with van der Waals surface area (Å²) in [5.41, 5.74) is 2.70. The number of nitrogens with one attached hydrogen (secondary N) is 2. The van der Waals surface area contributed by atoms with E-state index < -0.39 is 28.4 Å². The first kappa shape index (κ1) is 27.2. The van der Waals surface area contributed by atoms with Crippen molar-refractivity contribution in [3.63, 3.8) is 0 Å². The summed E-state index contributed by atoms with van der Waals surface area (Å²) in [5.74, 6) is -0.586. The van der Waals surface area contributed by atoms with E-state index in [1.807, 2.05) is 4.72 Å². The molecule has 0 saturated carbocycles. The zero-order valence-corrected chi connectivity index (χ0v) is 23.1. The molecule has 2 aromatic heterocycles. The molecule has 0 unspecified atom stereocenters. The van der Waals surface area contributed by atoms with Gasteiger partial charge in [-0.05, 0) is 55.0 Å². The van der Waals surface area contributed by atoms with E-state index in [0.29, 0.717) is 45.6 Å². The molecule has 2 N–H and O–H groups in total. The lowest BCUT2D eigenvalue weighted by atomic mass is 10.0. The van der Waals surface area contributed by atoms with E-state index >= 15 is 4.39 Å². The van der Waals surface area contributed by atoms with Crippen LogP contribution in [-0.4, -0.2) is 30.8 Å². The Labute approximate surface area is 231 Å². The highest BCUT2D eigenvalue weighted by molar-refractivity contribution is 7.92. The molecule has 14 heteroatoms. The number of carbonyl (C=O) groups excluding carboxylic acids is 1. The van der Waals surface area contributed by atoms with Gasteiger partial charge in [0.15, 0.2) is 0 Å². The largest absolute Gasteiger partial charge is 0.331 e. The summed E-state index contributed by atoms with van der Waals surface area (Å²) in [4.78, 5) is 12.3. The number of rotatable bonds is 6. The van der Waals surface area contributed by atoms with Crippen LogP contribution in [0.2, 0.25) is 19.4 Å². The maximum absolute atomic E-state index is 15.4. The molecule has 1 aliphatic rings. The van der Waals surface area contributed by atoms with Crippen LogP contribution in [0.1, 0.15) is 36.1 Å². The number of urea groups is 1. The highest BCUT2D eigenvalue weighted by atomic mass is 35.5. The standard InChI is InChI=1S/C22H19Cl4FN4O3S2/c23-14-6-5-13(16(24)7-14)11-31-20-12(9-29-31)3-1-2-4-15(20)18(27)10-28-22(32)30-36(33,34)19-8-17(25)21(26)35-19/h5-9H,1-4,10-11H2,(H2,28,30,32)/b18-15-. The number of fused-ring (bicyclic) bond motifs is 1. The van der Waals surface area contributed by atoms with Crippen molar-refractivity contribution >= 4 is 79.4 Å². The van der Waals surface area contributed by atoms with Crippen LogP contribution in [0.4, 0.5) is 9.18 Å². The molecule has 0 atom stereocenters. The summed E-state index contributed by atoms with van der Waals surface area (Å²) < 4.78 is 43.5. The lowest BCUT2D eigenvalue weighted by Crippen LogP contribution is -2.39. The molecule has 0 radical (unpaired) electrons. The lowest BCUT2D eigenvalue weighted by Gasteiger charge is -2.14. The minimum atomic E-state index is -4.21. The number of amides is 2. The van der Waals surface area contributed by atoms with Gasteiger partial charge in [-0.2, -0.15) is 5.10 Å². The van der Waals surface area contributed by atoms with E-state index in [1.54, 1.807) is 29.1 Å². The van der Waals surface area contributed by atoms with Gasteiger partial charge in [-0.3, -0.25) is 4.68 Å². The van der Waals surface area contributed by atoms with Crippen LogP contribution in [0.25, 0.3) is 5.57 Å². The van der Waals surface area contributed by atoms with Crippen molar-refractivity contribution in [3.8, 4) is 0 Å². The Kier molecular flexibility index (Phi) is 8.53. The normalized spacial score (nSPS) is 15.2. The summed E-state index contributed by atoms with van der Waals surface area (Å²) in [5, 5.41) is 7.74. The number of hydrogen-bond acceptors (Lipinski definition) is 5. The number of aryl methyl sites for hydroxylation is 1. The fraction of sp³-hybridized carbons (Fsp3) is 0.273. The fourth-order valence-corrected chi connectivity index (χ4v) is 7.10. The van der Waals surface area contributed by atoms with E-state index in [2.05, 4.69) is 10.4 Å². The molecular formula is C22H19Cl4FN4O3S2. The van der Waals surface area contributed by atoms with Gasteiger partial charge in [0.25, 0.3) is 10.0 Å². The Morgan fingerprint density at radius 3 is 2.56 bits per heavy atom. The molecule has 7 nitrogen and oxygen atoms in total. The molecule has 0 fully saturated rings. The molecule has 1 aromatic carbocycles. The van der Waals surface area contributed by atoms with E-state index in [1.165, 1.54) is 0 Å². The summed E-state index contributed by atoms with van der Waals surface area (Å²) in [6, 6.07) is 5.19. The van der Waals surface area contributed by atoms with Crippen LogP contribution in [0, 0.1) is 0 Å². The molecule has 0 bridgehead atoms. The Morgan fingerprint density at radius 2 is 1.86 bits per heavy atom. The number of thiophene rings is 1. The third kappa shape index (κ3) is 6.17. The predicted octanol–water partition coefficient (Wildman–Crippen LogP) is 6.70. The summed E-state index contributed by atoms with van der Waals surface area (Å²) >= 11 is 24.6. The number of benzene rings is 1. The van der Waals surface area contributed by atoms with Crippen LogP contribution in [-0.2, 0) is 23.0 Å². The van der Waals surface area contributed by atoms with Gasteiger partial charge in [-0.1, -0.05) is 52.5 Å². The van der Waals surface area contributed by atoms with E-state index in [-0.39, 0.29) is 13.6 Å². The Hall–Kier alpha value is -1.82. The topological polar surface area (TPSA) is 93.1 Å². The number of carbonyl (C=O) groups is 1. The summed E-state index contributed by atoms with van der Waals surface area (Å²) in [7, 11) is -4.21. The average molecular weight is 612 g/mol. The molecule has 0 spiro atoms. The molecule has 2 amide bonds. The van der Waals surface area contributed by atoms with Crippen LogP contribution in [0.3, 0.4) is 0 Å². The van der Waals surface area contributed by atoms with E-state index in [9.17, 15) is 13.2 Å².